The van der Waals surface area contributed by atoms with E-state index < -0.39 is 0 Å². The lowest BCUT2D eigenvalue weighted by atomic mass is 10.1. The number of aromatic nitrogens is 1. The molecule has 1 aromatic carbocycles. The van der Waals surface area contributed by atoms with Crippen molar-refractivity contribution < 1.29 is 9.47 Å². The Balaban J connectivity index is 1.65. The number of thiazole rings is 1. The standard InChI is InChI=1S/C22H32N4O2S/c1-5-23-22(25-12-18-14-29-21(26-18)15(2)3)24-11-17-7-6-16(4)10-20(17)28-19-8-9-27-13-19/h6-7,10,14-15,19H,5,8-9,11-13H2,1-4H3,(H2,23,24,25). The van der Waals surface area contributed by atoms with Gasteiger partial charge in [-0.3, -0.25) is 0 Å². The van der Waals surface area contributed by atoms with Gasteiger partial charge in [0.15, 0.2) is 5.96 Å². The highest BCUT2D eigenvalue weighted by molar-refractivity contribution is 7.09. The predicted molar refractivity (Wildman–Crippen MR) is 119 cm³/mol. The maximum Gasteiger partial charge on any atom is 0.191 e. The molecule has 158 valence electrons. The molecular weight excluding hydrogens is 384 g/mol. The summed E-state index contributed by atoms with van der Waals surface area (Å²) in [6.07, 6.45) is 1.07. The van der Waals surface area contributed by atoms with Gasteiger partial charge in [-0.1, -0.05) is 26.0 Å². The SMILES string of the molecule is CCNC(=NCc1ccc(C)cc1OC1CCOC1)NCc1csc(C(C)C)n1. The van der Waals surface area contributed by atoms with Gasteiger partial charge in [0.1, 0.15) is 11.9 Å². The van der Waals surface area contributed by atoms with Crippen LogP contribution in [0.15, 0.2) is 28.6 Å². The van der Waals surface area contributed by atoms with Gasteiger partial charge in [0.2, 0.25) is 0 Å². The normalized spacial score (nSPS) is 17.0. The zero-order valence-corrected chi connectivity index (χ0v) is 18.6. The number of aryl methyl sites for hydroxylation is 1. The van der Waals surface area contributed by atoms with Gasteiger partial charge in [-0.05, 0) is 25.5 Å². The third-order valence-corrected chi connectivity index (χ3v) is 5.85. The molecule has 2 N–H and O–H groups in total. The van der Waals surface area contributed by atoms with Crippen molar-refractivity contribution in [1.29, 1.82) is 0 Å². The molecule has 1 aromatic heterocycles. The lowest BCUT2D eigenvalue weighted by molar-refractivity contribution is 0.140. The van der Waals surface area contributed by atoms with E-state index in [9.17, 15) is 0 Å². The number of ether oxygens (including phenoxy) is 2. The van der Waals surface area contributed by atoms with E-state index in [0.29, 0.717) is 25.6 Å². The second kappa shape index (κ2) is 10.6. The molecular formula is C22H32N4O2S. The van der Waals surface area contributed by atoms with Crippen LogP contribution in [0.25, 0.3) is 0 Å². The van der Waals surface area contributed by atoms with E-state index in [1.807, 2.05) is 0 Å². The van der Waals surface area contributed by atoms with Crippen LogP contribution in [0.1, 0.15) is 54.9 Å². The molecule has 1 saturated heterocycles. The summed E-state index contributed by atoms with van der Waals surface area (Å²) in [5.41, 5.74) is 3.31. The Morgan fingerprint density at radius 3 is 2.93 bits per heavy atom. The third-order valence-electron chi connectivity index (χ3n) is 4.66. The van der Waals surface area contributed by atoms with E-state index in [4.69, 9.17) is 14.5 Å². The van der Waals surface area contributed by atoms with Crippen LogP contribution in [0.3, 0.4) is 0 Å². The van der Waals surface area contributed by atoms with Crippen molar-refractivity contribution in [2.24, 2.45) is 4.99 Å². The van der Waals surface area contributed by atoms with Gasteiger partial charge in [-0.25, -0.2) is 9.98 Å². The van der Waals surface area contributed by atoms with E-state index in [-0.39, 0.29) is 6.10 Å². The molecule has 6 nitrogen and oxygen atoms in total. The summed E-state index contributed by atoms with van der Waals surface area (Å²) in [7, 11) is 0. The maximum absolute atomic E-state index is 6.19. The Morgan fingerprint density at radius 1 is 1.38 bits per heavy atom. The Kier molecular flexibility index (Phi) is 7.89. The van der Waals surface area contributed by atoms with Gasteiger partial charge in [-0.15, -0.1) is 11.3 Å². The van der Waals surface area contributed by atoms with Gasteiger partial charge in [0.05, 0.1) is 37.0 Å². The summed E-state index contributed by atoms with van der Waals surface area (Å²) in [5.74, 6) is 2.14. The van der Waals surface area contributed by atoms with E-state index in [0.717, 1.165) is 42.5 Å². The third kappa shape index (κ3) is 6.44. The molecule has 0 bridgehead atoms. The lowest BCUT2D eigenvalue weighted by Gasteiger charge is -2.16. The molecule has 2 aromatic rings. The molecule has 1 aliphatic heterocycles. The molecule has 1 aliphatic rings. The quantitative estimate of drug-likeness (QED) is 0.503. The number of hydrogen-bond acceptors (Lipinski definition) is 5. The van der Waals surface area contributed by atoms with Crippen LogP contribution in [0.2, 0.25) is 0 Å². The minimum absolute atomic E-state index is 0.130. The highest BCUT2D eigenvalue weighted by Gasteiger charge is 2.18. The molecule has 0 amide bonds. The van der Waals surface area contributed by atoms with Gasteiger partial charge in [0.25, 0.3) is 0 Å². The molecule has 3 rings (SSSR count). The van der Waals surface area contributed by atoms with Crippen molar-refractivity contribution in [1.82, 2.24) is 15.6 Å². The summed E-state index contributed by atoms with van der Waals surface area (Å²) in [6.45, 7) is 11.9. The van der Waals surface area contributed by atoms with Gasteiger partial charge in [0, 0.05) is 29.8 Å². The average molecular weight is 417 g/mol. The zero-order valence-electron chi connectivity index (χ0n) is 17.8. The minimum atomic E-state index is 0.130. The lowest BCUT2D eigenvalue weighted by Crippen LogP contribution is -2.36. The molecule has 1 fully saturated rings. The fraction of sp³-hybridized carbons (Fsp3) is 0.545. The second-order valence-corrected chi connectivity index (χ2v) is 8.48. The Labute approximate surface area is 177 Å². The maximum atomic E-state index is 6.19. The summed E-state index contributed by atoms with van der Waals surface area (Å²) in [4.78, 5) is 9.45. The second-order valence-electron chi connectivity index (χ2n) is 7.60. The number of aliphatic imine (C=N–C) groups is 1. The van der Waals surface area contributed by atoms with Crippen molar-refractivity contribution in [2.75, 3.05) is 19.8 Å². The van der Waals surface area contributed by atoms with Crippen LogP contribution in [-0.2, 0) is 17.8 Å². The number of rotatable bonds is 8. The highest BCUT2D eigenvalue weighted by atomic mass is 32.1. The minimum Gasteiger partial charge on any atom is -0.488 e. The topological polar surface area (TPSA) is 67.8 Å². The summed E-state index contributed by atoms with van der Waals surface area (Å²) < 4.78 is 11.6. The fourth-order valence-corrected chi connectivity index (χ4v) is 3.87. The van der Waals surface area contributed by atoms with Gasteiger partial charge < -0.3 is 20.1 Å². The van der Waals surface area contributed by atoms with Crippen LogP contribution < -0.4 is 15.4 Å². The molecule has 0 saturated carbocycles. The molecule has 1 atom stereocenters. The summed E-state index contributed by atoms with van der Waals surface area (Å²) in [5, 5.41) is 9.98. The smallest absolute Gasteiger partial charge is 0.191 e. The number of nitrogens with one attached hydrogen (secondary N) is 2. The molecule has 1 unspecified atom stereocenters. The van der Waals surface area contributed by atoms with Crippen LogP contribution in [0.4, 0.5) is 0 Å². The van der Waals surface area contributed by atoms with Crippen molar-refractivity contribution in [3.05, 3.63) is 45.4 Å². The fourth-order valence-electron chi connectivity index (χ4n) is 3.04. The zero-order chi connectivity index (χ0) is 20.6. The Morgan fingerprint density at radius 2 is 2.24 bits per heavy atom. The molecule has 29 heavy (non-hydrogen) atoms. The van der Waals surface area contributed by atoms with E-state index in [2.05, 4.69) is 66.9 Å². The highest BCUT2D eigenvalue weighted by Crippen LogP contribution is 2.24. The number of nitrogens with zero attached hydrogens (tertiary/aromatic N) is 2. The Bertz CT molecular complexity index is 813. The van der Waals surface area contributed by atoms with E-state index in [1.54, 1.807) is 11.3 Å². The van der Waals surface area contributed by atoms with Crippen LogP contribution in [-0.4, -0.2) is 36.8 Å². The van der Waals surface area contributed by atoms with E-state index in [1.165, 1.54) is 10.6 Å². The number of benzene rings is 1. The molecule has 0 radical (unpaired) electrons. The Hall–Kier alpha value is -2.12. The van der Waals surface area contributed by atoms with Crippen molar-refractivity contribution in [3.8, 4) is 5.75 Å². The first-order chi connectivity index (χ1) is 14.0. The first-order valence-electron chi connectivity index (χ1n) is 10.4. The van der Waals surface area contributed by atoms with Gasteiger partial charge in [-0.2, -0.15) is 0 Å². The monoisotopic (exact) mass is 416 g/mol. The molecule has 0 spiro atoms. The first kappa shape index (κ1) is 21.6. The van der Waals surface area contributed by atoms with Crippen molar-refractivity contribution in [3.63, 3.8) is 0 Å². The van der Waals surface area contributed by atoms with Crippen LogP contribution >= 0.6 is 11.3 Å². The molecule has 7 heteroatoms. The summed E-state index contributed by atoms with van der Waals surface area (Å²) >= 11 is 1.71. The largest absolute Gasteiger partial charge is 0.488 e. The number of hydrogen-bond donors (Lipinski definition) is 2. The van der Waals surface area contributed by atoms with Crippen molar-refractivity contribution in [2.45, 2.75) is 59.2 Å². The van der Waals surface area contributed by atoms with Gasteiger partial charge >= 0.3 is 0 Å². The van der Waals surface area contributed by atoms with Crippen LogP contribution in [0.5, 0.6) is 5.75 Å². The summed E-state index contributed by atoms with van der Waals surface area (Å²) in [6, 6.07) is 6.29. The van der Waals surface area contributed by atoms with E-state index >= 15 is 0 Å². The molecule has 2 heterocycles. The number of guanidine groups is 1. The van der Waals surface area contributed by atoms with Crippen LogP contribution in [0, 0.1) is 6.92 Å². The molecule has 0 aliphatic carbocycles. The average Bonchev–Trinajstić information content (AvgIpc) is 3.37. The van der Waals surface area contributed by atoms with Crippen molar-refractivity contribution >= 4 is 17.3 Å². The predicted octanol–water partition coefficient (Wildman–Crippen LogP) is 4.00. The first-order valence-corrected chi connectivity index (χ1v) is 11.2.